The van der Waals surface area contributed by atoms with Crippen LogP contribution in [0.1, 0.15) is 44.9 Å². The summed E-state index contributed by atoms with van der Waals surface area (Å²) in [6, 6.07) is 1.71. The van der Waals surface area contributed by atoms with E-state index in [0.717, 1.165) is 19.3 Å². The molecule has 1 rings (SSSR count). The van der Waals surface area contributed by atoms with E-state index in [0.29, 0.717) is 12.8 Å². The molecule has 1 saturated carbocycles. The Balaban J connectivity index is 2.87. The van der Waals surface area contributed by atoms with Gasteiger partial charge in [0, 0.05) is 0 Å². The lowest BCUT2D eigenvalue weighted by atomic mass is 9.85. The van der Waals surface area contributed by atoms with Gasteiger partial charge < -0.3 is 5.32 Å². The van der Waals surface area contributed by atoms with E-state index in [1.165, 1.54) is 0 Å². The van der Waals surface area contributed by atoms with Gasteiger partial charge in [-0.2, -0.15) is 27.2 Å². The van der Waals surface area contributed by atoms with Crippen LogP contribution in [0.2, 0.25) is 0 Å². The monoisotopic (exact) mass is 298 g/mol. The molecule has 1 amide bonds. The first kappa shape index (κ1) is 16.7. The summed E-state index contributed by atoms with van der Waals surface area (Å²) in [7, 11) is 0. The van der Waals surface area contributed by atoms with Gasteiger partial charge in [0.15, 0.2) is 0 Å². The van der Waals surface area contributed by atoms with E-state index in [2.05, 4.69) is 0 Å². The van der Waals surface area contributed by atoms with E-state index in [1.807, 2.05) is 0 Å². The average molecular weight is 298 g/mol. The maximum atomic E-state index is 12.9. The first-order valence-electron chi connectivity index (χ1n) is 6.33. The number of carbonyl (C=O) groups is 1. The van der Waals surface area contributed by atoms with Crippen molar-refractivity contribution in [1.82, 2.24) is 5.32 Å². The molecule has 20 heavy (non-hydrogen) atoms. The van der Waals surface area contributed by atoms with Crippen molar-refractivity contribution in [2.45, 2.75) is 62.6 Å². The molecule has 0 aromatic rings. The second-order valence-electron chi connectivity index (χ2n) is 4.99. The van der Waals surface area contributed by atoms with Gasteiger partial charge in [-0.3, -0.25) is 4.79 Å². The maximum absolute atomic E-state index is 12.9. The molecule has 1 fully saturated rings. The highest BCUT2D eigenvalue weighted by molar-refractivity contribution is 5.85. The predicted molar refractivity (Wildman–Crippen MR) is 59.8 cm³/mol. The molecule has 0 aromatic heterocycles. The highest BCUT2D eigenvalue weighted by atomic mass is 19.4. The minimum absolute atomic E-state index is 0.0865. The molecule has 0 bridgehead atoms. The number of amides is 1. The van der Waals surface area contributed by atoms with Gasteiger partial charge in [0.05, 0.1) is 6.07 Å². The molecule has 0 atom stereocenters. The van der Waals surface area contributed by atoms with Crippen molar-refractivity contribution in [3.63, 3.8) is 0 Å². The first-order valence-corrected chi connectivity index (χ1v) is 6.33. The summed E-state index contributed by atoms with van der Waals surface area (Å²) in [6.45, 7) is 0. The molecule has 1 aliphatic carbocycles. The summed E-state index contributed by atoms with van der Waals surface area (Å²) >= 11 is 0. The molecule has 0 aromatic carbocycles. The van der Waals surface area contributed by atoms with Gasteiger partial charge in [-0.15, -0.1) is 0 Å². The average Bonchev–Trinajstić information content (AvgIpc) is 2.31. The van der Waals surface area contributed by atoms with Crippen molar-refractivity contribution in [2.24, 2.45) is 0 Å². The number of hydrogen-bond donors (Lipinski definition) is 1. The molecule has 0 saturated heterocycles. The summed E-state index contributed by atoms with van der Waals surface area (Å²) in [5.41, 5.74) is -1.63. The minimum Gasteiger partial charge on any atom is -0.332 e. The Kier molecular flexibility index (Phi) is 4.95. The summed E-state index contributed by atoms with van der Waals surface area (Å²) in [4.78, 5) is 11.2. The highest BCUT2D eigenvalue weighted by Crippen LogP contribution is 2.36. The molecular formula is C12H15F5N2O. The van der Waals surface area contributed by atoms with Crippen molar-refractivity contribution >= 4 is 5.91 Å². The first-order chi connectivity index (χ1) is 9.15. The fourth-order valence-electron chi connectivity index (χ4n) is 2.20. The van der Waals surface area contributed by atoms with E-state index >= 15 is 0 Å². The zero-order valence-corrected chi connectivity index (χ0v) is 10.7. The zero-order chi connectivity index (χ0) is 15.4. The van der Waals surface area contributed by atoms with E-state index in [4.69, 9.17) is 5.26 Å². The predicted octanol–water partition coefficient (Wildman–Crippen LogP) is 3.31. The molecule has 0 spiro atoms. The summed E-state index contributed by atoms with van der Waals surface area (Å²) in [5.74, 6) is -7.94. The van der Waals surface area contributed by atoms with Gasteiger partial charge in [0.1, 0.15) is 5.54 Å². The van der Waals surface area contributed by atoms with Crippen LogP contribution in [0.25, 0.3) is 0 Å². The van der Waals surface area contributed by atoms with E-state index < -0.39 is 23.5 Å². The third-order valence-corrected chi connectivity index (χ3v) is 3.42. The van der Waals surface area contributed by atoms with Crippen LogP contribution in [0.15, 0.2) is 0 Å². The van der Waals surface area contributed by atoms with Gasteiger partial charge >= 0.3 is 18.0 Å². The Bertz CT molecular complexity index is 392. The summed E-state index contributed by atoms with van der Waals surface area (Å²) < 4.78 is 62.2. The van der Waals surface area contributed by atoms with Gasteiger partial charge in [0.2, 0.25) is 0 Å². The van der Waals surface area contributed by atoms with Crippen LogP contribution >= 0.6 is 0 Å². The molecular weight excluding hydrogens is 283 g/mol. The van der Waals surface area contributed by atoms with E-state index in [1.54, 1.807) is 11.4 Å². The lowest BCUT2D eigenvalue weighted by Gasteiger charge is -2.31. The minimum atomic E-state index is -5.96. The molecule has 1 aliphatic rings. The quantitative estimate of drug-likeness (QED) is 0.795. The third-order valence-electron chi connectivity index (χ3n) is 3.42. The topological polar surface area (TPSA) is 52.9 Å². The number of nitriles is 1. The number of hydrogen-bond acceptors (Lipinski definition) is 2. The fraction of sp³-hybridized carbons (Fsp3) is 0.833. The third kappa shape index (κ3) is 3.58. The molecule has 114 valence electrons. The van der Waals surface area contributed by atoms with Crippen LogP contribution in [0.3, 0.4) is 0 Å². The van der Waals surface area contributed by atoms with Crippen molar-refractivity contribution in [1.29, 1.82) is 5.26 Å². The zero-order valence-electron chi connectivity index (χ0n) is 10.7. The van der Waals surface area contributed by atoms with Crippen LogP contribution in [-0.4, -0.2) is 23.5 Å². The smallest absolute Gasteiger partial charge is 0.332 e. The second-order valence-corrected chi connectivity index (χ2v) is 4.99. The fourth-order valence-corrected chi connectivity index (χ4v) is 2.20. The molecule has 3 nitrogen and oxygen atoms in total. The molecule has 8 heteroatoms. The largest absolute Gasteiger partial charge is 0.463 e. The van der Waals surface area contributed by atoms with Crippen molar-refractivity contribution in [3.8, 4) is 6.07 Å². The number of alkyl halides is 5. The van der Waals surface area contributed by atoms with E-state index in [9.17, 15) is 26.7 Å². The lowest BCUT2D eigenvalue weighted by Crippen LogP contribution is -2.57. The molecule has 0 aliphatic heterocycles. The summed E-state index contributed by atoms with van der Waals surface area (Å²) in [5, 5.41) is 10.7. The Morgan fingerprint density at radius 2 is 1.45 bits per heavy atom. The Morgan fingerprint density at radius 1 is 1.00 bits per heavy atom. The maximum Gasteiger partial charge on any atom is 0.463 e. The molecule has 1 N–H and O–H groups in total. The van der Waals surface area contributed by atoms with E-state index in [-0.39, 0.29) is 12.8 Å². The number of halogens is 5. The number of nitrogens with one attached hydrogen (secondary N) is 1. The normalized spacial score (nSPS) is 20.4. The van der Waals surface area contributed by atoms with Gasteiger partial charge in [0.25, 0.3) is 0 Å². The SMILES string of the molecule is N#CC1(NC(=O)C(F)(F)C(F)(F)F)CCCCCCC1. The standard InChI is InChI=1S/C12H15F5N2O/c13-11(14,12(15,16)17)9(20)19-10(8-18)6-4-2-1-3-5-7-10/h1-7H2,(H,19,20). The Labute approximate surface area is 113 Å². The van der Waals surface area contributed by atoms with Crippen LogP contribution in [0, 0.1) is 11.3 Å². The Hall–Kier alpha value is -1.39. The van der Waals surface area contributed by atoms with Crippen molar-refractivity contribution in [2.75, 3.05) is 0 Å². The number of rotatable bonds is 2. The molecule has 0 heterocycles. The second kappa shape index (κ2) is 5.94. The number of nitrogens with zero attached hydrogens (tertiary/aromatic N) is 1. The van der Waals surface area contributed by atoms with Gasteiger partial charge in [-0.05, 0) is 12.8 Å². The van der Waals surface area contributed by atoms with Crippen molar-refractivity contribution < 1.29 is 26.7 Å². The van der Waals surface area contributed by atoms with Crippen LogP contribution in [0.5, 0.6) is 0 Å². The van der Waals surface area contributed by atoms with Crippen LogP contribution in [-0.2, 0) is 4.79 Å². The van der Waals surface area contributed by atoms with Crippen molar-refractivity contribution in [3.05, 3.63) is 0 Å². The van der Waals surface area contributed by atoms with Gasteiger partial charge in [-0.1, -0.05) is 32.1 Å². The Morgan fingerprint density at radius 3 is 1.85 bits per heavy atom. The summed E-state index contributed by atoms with van der Waals surface area (Å²) in [6.07, 6.45) is -2.34. The molecule has 0 unspecified atom stereocenters. The van der Waals surface area contributed by atoms with Crippen LogP contribution in [0.4, 0.5) is 22.0 Å². The highest BCUT2D eigenvalue weighted by Gasteiger charge is 2.64. The lowest BCUT2D eigenvalue weighted by molar-refractivity contribution is -0.270. The van der Waals surface area contributed by atoms with Crippen LogP contribution < -0.4 is 5.32 Å². The number of carbonyl (C=O) groups excluding carboxylic acids is 1. The molecule has 0 radical (unpaired) electrons. The van der Waals surface area contributed by atoms with Gasteiger partial charge in [-0.25, -0.2) is 0 Å².